The number of likely N-dealkylation sites (tertiary alicyclic amines) is 1. The van der Waals surface area contributed by atoms with E-state index in [1.807, 2.05) is 0 Å². The minimum absolute atomic E-state index is 0.738. The van der Waals surface area contributed by atoms with Gasteiger partial charge in [0.05, 0.1) is 0 Å². The highest BCUT2D eigenvalue weighted by atomic mass is 32.2. The number of nitrogens with zero attached hydrogens (tertiary/aromatic N) is 2. The summed E-state index contributed by atoms with van der Waals surface area (Å²) in [5, 5.41) is 3.37. The fourth-order valence-corrected chi connectivity index (χ4v) is 3.36. The van der Waals surface area contributed by atoms with Crippen LogP contribution in [0.15, 0.2) is 0 Å². The molecule has 0 bridgehead atoms. The van der Waals surface area contributed by atoms with Crippen molar-refractivity contribution >= 4 is 11.8 Å². The van der Waals surface area contributed by atoms with Gasteiger partial charge in [-0.2, -0.15) is 11.8 Å². The smallest absolute Gasteiger partial charge is 0.0204 e. The van der Waals surface area contributed by atoms with Crippen LogP contribution < -0.4 is 5.32 Å². The second-order valence-electron chi connectivity index (χ2n) is 4.53. The van der Waals surface area contributed by atoms with Crippen molar-refractivity contribution < 1.29 is 0 Å². The summed E-state index contributed by atoms with van der Waals surface area (Å²) in [7, 11) is 2.08. The van der Waals surface area contributed by atoms with Crippen LogP contribution in [0.4, 0.5) is 0 Å². The Kier molecular flexibility index (Phi) is 4.75. The van der Waals surface area contributed by atoms with Gasteiger partial charge in [-0.05, 0) is 20.0 Å². The molecule has 0 saturated carbocycles. The molecule has 0 radical (unpaired) electrons. The van der Waals surface area contributed by atoms with E-state index in [2.05, 4.69) is 33.9 Å². The van der Waals surface area contributed by atoms with Gasteiger partial charge in [-0.15, -0.1) is 0 Å². The van der Waals surface area contributed by atoms with E-state index in [0.29, 0.717) is 0 Å². The predicted octanol–water partition coefficient (Wildman–Crippen LogP) is 0.329. The predicted molar refractivity (Wildman–Crippen MR) is 67.7 cm³/mol. The average Bonchev–Trinajstić information content (AvgIpc) is 2.76. The minimum Gasteiger partial charge on any atom is -0.316 e. The number of nitrogens with one attached hydrogen (secondary N) is 1. The third-order valence-corrected chi connectivity index (χ3v) is 4.46. The van der Waals surface area contributed by atoms with Crippen molar-refractivity contribution in [3.8, 4) is 0 Å². The first-order chi connectivity index (χ1) is 7.38. The molecule has 2 fully saturated rings. The molecule has 15 heavy (non-hydrogen) atoms. The second kappa shape index (κ2) is 6.09. The molecule has 0 spiro atoms. The third-order valence-electron chi connectivity index (χ3n) is 3.52. The molecule has 0 amide bonds. The molecule has 0 aromatic carbocycles. The molecule has 1 atom stereocenters. The molecule has 2 saturated heterocycles. The van der Waals surface area contributed by atoms with E-state index in [4.69, 9.17) is 0 Å². The lowest BCUT2D eigenvalue weighted by atomic mass is 10.3. The third kappa shape index (κ3) is 3.63. The highest BCUT2D eigenvalue weighted by molar-refractivity contribution is 7.99. The van der Waals surface area contributed by atoms with Crippen LogP contribution in [0.5, 0.6) is 0 Å². The van der Waals surface area contributed by atoms with Crippen molar-refractivity contribution in [3.05, 3.63) is 0 Å². The quantitative estimate of drug-likeness (QED) is 0.748. The summed E-state index contributed by atoms with van der Waals surface area (Å²) in [4.78, 5) is 5.21. The fourth-order valence-electron chi connectivity index (χ4n) is 2.38. The molecule has 2 heterocycles. The first-order valence-corrected chi connectivity index (χ1v) is 7.23. The van der Waals surface area contributed by atoms with E-state index >= 15 is 0 Å². The minimum atomic E-state index is 0.738. The molecule has 3 nitrogen and oxygen atoms in total. The molecule has 1 unspecified atom stereocenters. The standard InChI is InChI=1S/C11H23N3S/c1-12-11-2-3-14(10-11)5-4-13-6-8-15-9-7-13/h11-12H,2-10H2,1H3. The first-order valence-electron chi connectivity index (χ1n) is 6.08. The SMILES string of the molecule is CNC1CCN(CCN2CCSCC2)C1. The van der Waals surface area contributed by atoms with Crippen molar-refractivity contribution in [1.82, 2.24) is 15.1 Å². The molecule has 0 aliphatic carbocycles. The van der Waals surface area contributed by atoms with E-state index in [0.717, 1.165) is 6.04 Å². The zero-order valence-corrected chi connectivity index (χ0v) is 10.6. The number of hydrogen-bond acceptors (Lipinski definition) is 4. The Morgan fingerprint density at radius 3 is 2.53 bits per heavy atom. The Morgan fingerprint density at radius 2 is 1.87 bits per heavy atom. The molecule has 2 aliphatic rings. The van der Waals surface area contributed by atoms with E-state index in [-0.39, 0.29) is 0 Å². The van der Waals surface area contributed by atoms with Crippen LogP contribution in [0.1, 0.15) is 6.42 Å². The number of hydrogen-bond donors (Lipinski definition) is 1. The van der Waals surface area contributed by atoms with Gasteiger partial charge < -0.3 is 15.1 Å². The molecule has 2 aliphatic heterocycles. The van der Waals surface area contributed by atoms with Crippen molar-refractivity contribution in [2.75, 3.05) is 57.8 Å². The Bertz CT molecular complexity index is 183. The molecular formula is C11H23N3S. The number of likely N-dealkylation sites (N-methyl/N-ethyl adjacent to an activating group) is 1. The Morgan fingerprint density at radius 1 is 1.13 bits per heavy atom. The van der Waals surface area contributed by atoms with Gasteiger partial charge in [0.2, 0.25) is 0 Å². The topological polar surface area (TPSA) is 18.5 Å². The second-order valence-corrected chi connectivity index (χ2v) is 5.75. The average molecular weight is 229 g/mol. The monoisotopic (exact) mass is 229 g/mol. The molecule has 0 aromatic heterocycles. The van der Waals surface area contributed by atoms with E-state index < -0.39 is 0 Å². The largest absolute Gasteiger partial charge is 0.316 e. The Hall–Kier alpha value is 0.230. The molecule has 1 N–H and O–H groups in total. The Balaban J connectivity index is 1.61. The molecule has 4 heteroatoms. The first kappa shape index (κ1) is 11.7. The van der Waals surface area contributed by atoms with Crippen LogP contribution >= 0.6 is 11.8 Å². The maximum absolute atomic E-state index is 3.37. The Labute approximate surface area is 97.6 Å². The summed E-state index contributed by atoms with van der Waals surface area (Å²) in [5.74, 6) is 2.66. The van der Waals surface area contributed by atoms with Crippen molar-refractivity contribution in [2.45, 2.75) is 12.5 Å². The lowest BCUT2D eigenvalue weighted by molar-refractivity contribution is 0.238. The van der Waals surface area contributed by atoms with Crippen molar-refractivity contribution in [2.24, 2.45) is 0 Å². The van der Waals surface area contributed by atoms with Gasteiger partial charge in [0.25, 0.3) is 0 Å². The van der Waals surface area contributed by atoms with E-state index in [9.17, 15) is 0 Å². The normalized spacial score (nSPS) is 29.8. The zero-order chi connectivity index (χ0) is 10.5. The summed E-state index contributed by atoms with van der Waals surface area (Å²) in [6.07, 6.45) is 1.33. The fraction of sp³-hybridized carbons (Fsp3) is 1.00. The maximum atomic E-state index is 3.37. The highest BCUT2D eigenvalue weighted by Crippen LogP contribution is 2.11. The van der Waals surface area contributed by atoms with E-state index in [1.165, 1.54) is 57.2 Å². The molecule has 2 rings (SSSR count). The summed E-state index contributed by atoms with van der Waals surface area (Å²) in [5.41, 5.74) is 0. The van der Waals surface area contributed by atoms with Gasteiger partial charge in [0.1, 0.15) is 0 Å². The van der Waals surface area contributed by atoms with E-state index in [1.54, 1.807) is 0 Å². The van der Waals surface area contributed by atoms with Crippen molar-refractivity contribution in [3.63, 3.8) is 0 Å². The van der Waals surface area contributed by atoms with Crippen LogP contribution in [0.2, 0.25) is 0 Å². The molecule has 88 valence electrons. The van der Waals surface area contributed by atoms with Gasteiger partial charge in [-0.3, -0.25) is 0 Å². The van der Waals surface area contributed by atoms with Crippen LogP contribution in [0.25, 0.3) is 0 Å². The zero-order valence-electron chi connectivity index (χ0n) is 9.74. The molecular weight excluding hydrogens is 206 g/mol. The highest BCUT2D eigenvalue weighted by Gasteiger charge is 2.21. The summed E-state index contributed by atoms with van der Waals surface area (Å²) < 4.78 is 0. The van der Waals surface area contributed by atoms with Crippen LogP contribution in [-0.4, -0.2) is 73.7 Å². The summed E-state index contributed by atoms with van der Waals surface area (Å²) in [6, 6.07) is 0.738. The summed E-state index contributed by atoms with van der Waals surface area (Å²) in [6.45, 7) is 7.68. The summed E-state index contributed by atoms with van der Waals surface area (Å²) >= 11 is 2.10. The molecule has 0 aromatic rings. The van der Waals surface area contributed by atoms with Crippen LogP contribution in [0, 0.1) is 0 Å². The van der Waals surface area contributed by atoms with Crippen LogP contribution in [0.3, 0.4) is 0 Å². The lowest BCUT2D eigenvalue weighted by Gasteiger charge is -2.28. The van der Waals surface area contributed by atoms with Crippen molar-refractivity contribution in [1.29, 1.82) is 0 Å². The number of thioether (sulfide) groups is 1. The van der Waals surface area contributed by atoms with Gasteiger partial charge in [0.15, 0.2) is 0 Å². The van der Waals surface area contributed by atoms with Gasteiger partial charge in [-0.25, -0.2) is 0 Å². The van der Waals surface area contributed by atoms with Gasteiger partial charge >= 0.3 is 0 Å². The van der Waals surface area contributed by atoms with Gasteiger partial charge in [0, 0.05) is 50.3 Å². The van der Waals surface area contributed by atoms with Crippen LogP contribution in [-0.2, 0) is 0 Å². The van der Waals surface area contributed by atoms with Gasteiger partial charge in [-0.1, -0.05) is 0 Å². The maximum Gasteiger partial charge on any atom is 0.0204 e. The number of rotatable bonds is 4. The lowest BCUT2D eigenvalue weighted by Crippen LogP contribution is -2.39.